The number of aryl methyl sites for hydroxylation is 2. The van der Waals surface area contributed by atoms with Crippen molar-refractivity contribution in [1.29, 1.82) is 0 Å². The van der Waals surface area contributed by atoms with Gasteiger partial charge in [0, 0.05) is 18.9 Å². The fourth-order valence-electron chi connectivity index (χ4n) is 1.87. The lowest BCUT2D eigenvalue weighted by atomic mass is 10.2. The summed E-state index contributed by atoms with van der Waals surface area (Å²) in [5.41, 5.74) is 1.63. The zero-order chi connectivity index (χ0) is 15.5. The normalized spacial score (nSPS) is 11.4. The molecule has 2 heterocycles. The Bertz CT molecular complexity index is 614. The second kappa shape index (κ2) is 6.03. The van der Waals surface area contributed by atoms with Crippen molar-refractivity contribution in [2.75, 3.05) is 0 Å². The summed E-state index contributed by atoms with van der Waals surface area (Å²) >= 11 is 0. The van der Waals surface area contributed by atoms with Crippen molar-refractivity contribution in [2.45, 2.75) is 46.3 Å². The van der Waals surface area contributed by atoms with E-state index >= 15 is 0 Å². The first-order valence-corrected chi connectivity index (χ1v) is 6.89. The van der Waals surface area contributed by atoms with Gasteiger partial charge in [0.25, 0.3) is 0 Å². The van der Waals surface area contributed by atoms with Crippen molar-refractivity contribution < 1.29 is 9.53 Å². The van der Waals surface area contributed by atoms with Crippen LogP contribution in [-0.2, 0) is 17.7 Å². The van der Waals surface area contributed by atoms with Gasteiger partial charge in [0.05, 0.1) is 5.69 Å². The third kappa shape index (κ3) is 4.11. The van der Waals surface area contributed by atoms with Gasteiger partial charge in [0.1, 0.15) is 5.60 Å². The number of hydrogen-bond acceptors (Lipinski definition) is 5. The maximum absolute atomic E-state index is 12.0. The van der Waals surface area contributed by atoms with Crippen molar-refractivity contribution in [1.82, 2.24) is 20.0 Å². The molecule has 0 radical (unpaired) electrons. The highest BCUT2D eigenvalue weighted by molar-refractivity contribution is 5.88. The van der Waals surface area contributed by atoms with Crippen LogP contribution < -0.4 is 0 Å². The molecule has 0 aliphatic heterocycles. The summed E-state index contributed by atoms with van der Waals surface area (Å²) in [7, 11) is 0. The molecule has 21 heavy (non-hydrogen) atoms. The molecule has 2 aromatic rings. The van der Waals surface area contributed by atoms with Gasteiger partial charge in [-0.1, -0.05) is 5.21 Å². The lowest BCUT2D eigenvalue weighted by Crippen LogP contribution is -2.24. The minimum Gasteiger partial charge on any atom is -0.455 e. The molecule has 0 aliphatic rings. The molecule has 0 saturated carbocycles. The predicted octanol–water partition coefficient (Wildman–Crippen LogP) is 2.18. The monoisotopic (exact) mass is 288 g/mol. The molecule has 6 nitrogen and oxygen atoms in total. The molecule has 0 saturated heterocycles. The summed E-state index contributed by atoms with van der Waals surface area (Å²) in [6.07, 6.45) is 4.33. The van der Waals surface area contributed by atoms with Crippen LogP contribution in [0.15, 0.2) is 24.5 Å². The number of ether oxygens (including phenoxy) is 1. The largest absolute Gasteiger partial charge is 0.455 e. The highest BCUT2D eigenvalue weighted by atomic mass is 16.6. The van der Waals surface area contributed by atoms with E-state index in [1.54, 1.807) is 17.1 Å². The zero-order valence-corrected chi connectivity index (χ0v) is 12.8. The second-order valence-corrected chi connectivity index (χ2v) is 5.85. The molecule has 0 atom stereocenters. The van der Waals surface area contributed by atoms with Crippen molar-refractivity contribution in [3.8, 4) is 0 Å². The van der Waals surface area contributed by atoms with Gasteiger partial charge in [-0.2, -0.15) is 0 Å². The van der Waals surface area contributed by atoms with E-state index in [9.17, 15) is 4.79 Å². The van der Waals surface area contributed by atoms with Crippen molar-refractivity contribution in [3.63, 3.8) is 0 Å². The molecule has 2 aromatic heterocycles. The Hall–Kier alpha value is -2.24. The average molecular weight is 288 g/mol. The van der Waals surface area contributed by atoms with Crippen molar-refractivity contribution in [2.24, 2.45) is 0 Å². The Labute approximate surface area is 124 Å². The minimum atomic E-state index is -0.537. The summed E-state index contributed by atoms with van der Waals surface area (Å²) in [5, 5.41) is 7.97. The molecule has 0 unspecified atom stereocenters. The molecule has 0 aromatic carbocycles. The topological polar surface area (TPSA) is 69.9 Å². The summed E-state index contributed by atoms with van der Waals surface area (Å²) in [4.78, 5) is 16.0. The van der Waals surface area contributed by atoms with Crippen LogP contribution in [0.4, 0.5) is 0 Å². The number of rotatable bonds is 4. The molecule has 6 heteroatoms. The van der Waals surface area contributed by atoms with Crippen LogP contribution in [-0.4, -0.2) is 31.5 Å². The SMILES string of the molecule is Cc1c(C(=O)OC(C)(C)C)nnn1CCc1ccncc1. The number of esters is 1. The van der Waals surface area contributed by atoms with E-state index < -0.39 is 11.6 Å². The minimum absolute atomic E-state index is 0.277. The molecule has 0 aliphatic carbocycles. The van der Waals surface area contributed by atoms with Gasteiger partial charge in [0.2, 0.25) is 0 Å². The molecular weight excluding hydrogens is 268 g/mol. The first-order valence-electron chi connectivity index (χ1n) is 6.89. The Balaban J connectivity index is 2.05. The van der Waals surface area contributed by atoms with Crippen LogP contribution in [0.25, 0.3) is 0 Å². The van der Waals surface area contributed by atoms with Gasteiger partial charge in [-0.05, 0) is 51.8 Å². The third-order valence-corrected chi connectivity index (χ3v) is 2.94. The van der Waals surface area contributed by atoms with Crippen molar-refractivity contribution >= 4 is 5.97 Å². The molecule has 0 N–H and O–H groups in total. The molecule has 0 fully saturated rings. The van der Waals surface area contributed by atoms with Crippen LogP contribution in [0.2, 0.25) is 0 Å². The van der Waals surface area contributed by atoms with Gasteiger partial charge in [-0.3, -0.25) is 4.98 Å². The highest BCUT2D eigenvalue weighted by Gasteiger charge is 2.23. The molecule has 0 bridgehead atoms. The molecule has 2 rings (SSSR count). The number of pyridine rings is 1. The first kappa shape index (κ1) is 15.2. The number of nitrogens with zero attached hydrogens (tertiary/aromatic N) is 4. The van der Waals surface area contributed by atoms with E-state index in [0.29, 0.717) is 6.54 Å². The standard InChI is InChI=1S/C15H20N4O2/c1-11-13(14(20)21-15(2,3)4)17-18-19(11)10-7-12-5-8-16-9-6-12/h5-6,8-9H,7,10H2,1-4H3. The van der Waals surface area contributed by atoms with E-state index in [4.69, 9.17) is 4.74 Å². The lowest BCUT2D eigenvalue weighted by Gasteiger charge is -2.18. The van der Waals surface area contributed by atoms with Crippen LogP contribution in [0.1, 0.15) is 42.5 Å². The zero-order valence-electron chi connectivity index (χ0n) is 12.8. The van der Waals surface area contributed by atoms with Crippen LogP contribution in [0, 0.1) is 6.92 Å². The van der Waals surface area contributed by atoms with E-state index in [1.165, 1.54) is 5.56 Å². The van der Waals surface area contributed by atoms with Gasteiger partial charge in [-0.25, -0.2) is 9.48 Å². The average Bonchev–Trinajstić information content (AvgIpc) is 2.77. The number of carbonyl (C=O) groups is 1. The fourth-order valence-corrected chi connectivity index (χ4v) is 1.87. The van der Waals surface area contributed by atoms with Crippen LogP contribution >= 0.6 is 0 Å². The van der Waals surface area contributed by atoms with Crippen LogP contribution in [0.5, 0.6) is 0 Å². The fraction of sp³-hybridized carbons (Fsp3) is 0.467. The Morgan fingerprint density at radius 1 is 1.29 bits per heavy atom. The third-order valence-electron chi connectivity index (χ3n) is 2.94. The summed E-state index contributed by atoms with van der Waals surface area (Å²) in [5.74, 6) is -0.435. The maximum Gasteiger partial charge on any atom is 0.361 e. The Morgan fingerprint density at radius 3 is 2.57 bits per heavy atom. The lowest BCUT2D eigenvalue weighted by molar-refractivity contribution is 0.00619. The number of hydrogen-bond donors (Lipinski definition) is 0. The summed E-state index contributed by atoms with van der Waals surface area (Å²) in [6.45, 7) is 7.97. The van der Waals surface area contributed by atoms with E-state index in [0.717, 1.165) is 12.1 Å². The Kier molecular flexibility index (Phi) is 4.35. The van der Waals surface area contributed by atoms with Gasteiger partial charge >= 0.3 is 5.97 Å². The predicted molar refractivity (Wildman–Crippen MR) is 77.9 cm³/mol. The van der Waals surface area contributed by atoms with Crippen LogP contribution in [0.3, 0.4) is 0 Å². The summed E-state index contributed by atoms with van der Waals surface area (Å²) < 4.78 is 7.04. The second-order valence-electron chi connectivity index (χ2n) is 5.85. The first-order chi connectivity index (χ1) is 9.87. The smallest absolute Gasteiger partial charge is 0.361 e. The van der Waals surface area contributed by atoms with E-state index in [1.807, 2.05) is 39.8 Å². The van der Waals surface area contributed by atoms with E-state index in [2.05, 4.69) is 15.3 Å². The van der Waals surface area contributed by atoms with Gasteiger partial charge in [-0.15, -0.1) is 5.10 Å². The van der Waals surface area contributed by atoms with Crippen molar-refractivity contribution in [3.05, 3.63) is 41.5 Å². The van der Waals surface area contributed by atoms with E-state index in [-0.39, 0.29) is 5.69 Å². The Morgan fingerprint density at radius 2 is 1.95 bits per heavy atom. The number of aromatic nitrogens is 4. The molecular formula is C15H20N4O2. The highest BCUT2D eigenvalue weighted by Crippen LogP contribution is 2.13. The molecule has 112 valence electrons. The molecule has 0 spiro atoms. The molecule has 0 amide bonds. The summed E-state index contributed by atoms with van der Waals surface area (Å²) in [6, 6.07) is 3.92. The van der Waals surface area contributed by atoms with Gasteiger partial charge < -0.3 is 4.74 Å². The maximum atomic E-state index is 12.0. The van der Waals surface area contributed by atoms with Gasteiger partial charge in [0.15, 0.2) is 5.69 Å². The number of carbonyl (C=O) groups excluding carboxylic acids is 1. The quantitative estimate of drug-likeness (QED) is 0.806.